The number of hydrogen-bond acceptors (Lipinski definition) is 6. The summed E-state index contributed by atoms with van der Waals surface area (Å²) in [5, 5.41) is 2.71. The first-order valence-corrected chi connectivity index (χ1v) is 9.15. The van der Waals surface area contributed by atoms with Crippen LogP contribution < -0.4 is 11.1 Å². The van der Waals surface area contributed by atoms with Gasteiger partial charge in [0.25, 0.3) is 0 Å². The molecule has 0 atom stereocenters. The fourth-order valence-corrected chi connectivity index (χ4v) is 1.84. The standard InChI is InChI=1S/C17H36N2O5/c1-2-3-4-5-12-24-17(20)19-9-7-11-22-14-16-23-15-13-21-10-6-8-18/h2-16,18H2,1H3,(H,19,20). The molecule has 0 radical (unpaired) electrons. The van der Waals surface area contributed by atoms with E-state index >= 15 is 0 Å². The van der Waals surface area contributed by atoms with Gasteiger partial charge in [-0.15, -0.1) is 0 Å². The number of carbonyl (C=O) groups is 1. The van der Waals surface area contributed by atoms with Crippen LogP contribution in [0.5, 0.6) is 0 Å². The molecule has 7 heteroatoms. The lowest BCUT2D eigenvalue weighted by Crippen LogP contribution is -2.26. The third-order valence-corrected chi connectivity index (χ3v) is 3.20. The third-order valence-electron chi connectivity index (χ3n) is 3.20. The number of ether oxygens (including phenoxy) is 4. The molecule has 7 nitrogen and oxygen atoms in total. The monoisotopic (exact) mass is 348 g/mol. The molecule has 0 unspecified atom stereocenters. The summed E-state index contributed by atoms with van der Waals surface area (Å²) >= 11 is 0. The van der Waals surface area contributed by atoms with Crippen LogP contribution in [0.3, 0.4) is 0 Å². The fourth-order valence-electron chi connectivity index (χ4n) is 1.84. The molecule has 0 aliphatic heterocycles. The van der Waals surface area contributed by atoms with Gasteiger partial charge in [-0.3, -0.25) is 0 Å². The number of unbranched alkanes of at least 4 members (excludes halogenated alkanes) is 3. The average molecular weight is 348 g/mol. The SMILES string of the molecule is CCCCCCOC(=O)NCCCOCCOCCOCCCN. The van der Waals surface area contributed by atoms with Crippen molar-refractivity contribution in [1.82, 2.24) is 5.32 Å². The Balaban J connectivity index is 3.10. The van der Waals surface area contributed by atoms with E-state index in [1.807, 2.05) is 0 Å². The third kappa shape index (κ3) is 19.2. The van der Waals surface area contributed by atoms with Gasteiger partial charge in [0.1, 0.15) is 0 Å². The predicted octanol–water partition coefficient (Wildman–Crippen LogP) is 2.08. The zero-order chi connectivity index (χ0) is 17.7. The van der Waals surface area contributed by atoms with Crippen molar-refractivity contribution in [3.63, 3.8) is 0 Å². The summed E-state index contributed by atoms with van der Waals surface area (Å²) in [7, 11) is 0. The average Bonchev–Trinajstić information content (AvgIpc) is 2.59. The van der Waals surface area contributed by atoms with E-state index in [9.17, 15) is 4.79 Å². The minimum atomic E-state index is -0.343. The maximum atomic E-state index is 11.4. The topological polar surface area (TPSA) is 92.0 Å². The predicted molar refractivity (Wildman–Crippen MR) is 94.2 cm³/mol. The lowest BCUT2D eigenvalue weighted by atomic mass is 10.2. The summed E-state index contributed by atoms with van der Waals surface area (Å²) < 4.78 is 21.1. The van der Waals surface area contributed by atoms with Gasteiger partial charge in [-0.1, -0.05) is 26.2 Å². The van der Waals surface area contributed by atoms with E-state index in [0.717, 1.165) is 25.7 Å². The van der Waals surface area contributed by atoms with Gasteiger partial charge >= 0.3 is 6.09 Å². The quantitative estimate of drug-likeness (QED) is 0.369. The highest BCUT2D eigenvalue weighted by Crippen LogP contribution is 1.98. The van der Waals surface area contributed by atoms with Crippen LogP contribution in [0.2, 0.25) is 0 Å². The summed E-state index contributed by atoms with van der Waals surface area (Å²) in [5.74, 6) is 0. The highest BCUT2D eigenvalue weighted by molar-refractivity contribution is 5.66. The molecule has 0 spiro atoms. The maximum Gasteiger partial charge on any atom is 0.407 e. The second-order valence-electron chi connectivity index (χ2n) is 5.46. The molecule has 0 rings (SSSR count). The van der Waals surface area contributed by atoms with E-state index in [-0.39, 0.29) is 6.09 Å². The number of carbonyl (C=O) groups excluding carboxylic acids is 1. The number of hydrogen-bond donors (Lipinski definition) is 2. The second kappa shape index (κ2) is 20.2. The Bertz CT molecular complexity index is 267. The Kier molecular flexibility index (Phi) is 19.4. The summed E-state index contributed by atoms with van der Waals surface area (Å²) in [6, 6.07) is 0. The van der Waals surface area contributed by atoms with Crippen molar-refractivity contribution in [2.45, 2.75) is 45.4 Å². The Morgan fingerprint density at radius 2 is 1.42 bits per heavy atom. The Morgan fingerprint density at radius 1 is 0.792 bits per heavy atom. The number of rotatable bonds is 18. The zero-order valence-electron chi connectivity index (χ0n) is 15.2. The van der Waals surface area contributed by atoms with Crippen LogP contribution in [-0.2, 0) is 18.9 Å². The Morgan fingerprint density at radius 3 is 2.04 bits per heavy atom. The smallest absolute Gasteiger partial charge is 0.407 e. The van der Waals surface area contributed by atoms with Crippen LogP contribution in [-0.4, -0.2) is 65.4 Å². The molecule has 0 aliphatic rings. The maximum absolute atomic E-state index is 11.4. The summed E-state index contributed by atoms with van der Waals surface area (Å²) in [5.41, 5.74) is 5.35. The lowest BCUT2D eigenvalue weighted by Gasteiger charge is -2.08. The van der Waals surface area contributed by atoms with E-state index in [4.69, 9.17) is 24.7 Å². The molecule has 24 heavy (non-hydrogen) atoms. The van der Waals surface area contributed by atoms with Crippen LogP contribution >= 0.6 is 0 Å². The van der Waals surface area contributed by atoms with E-state index in [2.05, 4.69) is 12.2 Å². The van der Waals surface area contributed by atoms with Crippen molar-refractivity contribution in [2.75, 3.05) is 59.3 Å². The number of alkyl carbamates (subject to hydrolysis) is 1. The van der Waals surface area contributed by atoms with Crippen molar-refractivity contribution in [3.8, 4) is 0 Å². The molecule has 0 saturated heterocycles. The van der Waals surface area contributed by atoms with Gasteiger partial charge < -0.3 is 30.0 Å². The fraction of sp³-hybridized carbons (Fsp3) is 0.941. The summed E-state index contributed by atoms with van der Waals surface area (Å²) in [6.45, 7) is 7.39. The number of amides is 1. The van der Waals surface area contributed by atoms with Gasteiger partial charge in [0.05, 0.1) is 33.0 Å². The van der Waals surface area contributed by atoms with Crippen LogP contribution in [0.15, 0.2) is 0 Å². The van der Waals surface area contributed by atoms with Crippen molar-refractivity contribution in [2.24, 2.45) is 5.73 Å². The van der Waals surface area contributed by atoms with E-state index in [1.54, 1.807) is 0 Å². The van der Waals surface area contributed by atoms with Gasteiger partial charge in [0, 0.05) is 19.8 Å². The molecule has 1 amide bonds. The molecular weight excluding hydrogens is 312 g/mol. The molecule has 0 aromatic rings. The van der Waals surface area contributed by atoms with Crippen LogP contribution in [0.1, 0.15) is 45.4 Å². The molecule has 0 fully saturated rings. The highest BCUT2D eigenvalue weighted by Gasteiger charge is 2.00. The van der Waals surface area contributed by atoms with Crippen molar-refractivity contribution >= 4 is 6.09 Å². The second-order valence-corrected chi connectivity index (χ2v) is 5.46. The minimum Gasteiger partial charge on any atom is -0.450 e. The molecular formula is C17H36N2O5. The first kappa shape index (κ1) is 23.1. The normalized spacial score (nSPS) is 10.8. The van der Waals surface area contributed by atoms with Gasteiger partial charge in [0.2, 0.25) is 0 Å². The molecule has 0 heterocycles. The summed E-state index contributed by atoms with van der Waals surface area (Å²) in [4.78, 5) is 11.4. The van der Waals surface area contributed by atoms with Gasteiger partial charge in [-0.25, -0.2) is 4.79 Å². The van der Waals surface area contributed by atoms with Crippen molar-refractivity contribution < 1.29 is 23.7 Å². The van der Waals surface area contributed by atoms with Crippen LogP contribution in [0.4, 0.5) is 4.79 Å². The van der Waals surface area contributed by atoms with E-state index in [1.165, 1.54) is 12.8 Å². The van der Waals surface area contributed by atoms with Crippen molar-refractivity contribution in [3.05, 3.63) is 0 Å². The Labute approximate surface area is 146 Å². The molecule has 0 saturated carbocycles. The van der Waals surface area contributed by atoms with Crippen LogP contribution in [0, 0.1) is 0 Å². The largest absolute Gasteiger partial charge is 0.450 e. The molecule has 0 aromatic heterocycles. The lowest BCUT2D eigenvalue weighted by molar-refractivity contribution is 0.0140. The zero-order valence-corrected chi connectivity index (χ0v) is 15.2. The molecule has 0 aliphatic carbocycles. The first-order valence-electron chi connectivity index (χ1n) is 9.15. The van der Waals surface area contributed by atoms with Crippen molar-refractivity contribution in [1.29, 1.82) is 0 Å². The summed E-state index contributed by atoms with van der Waals surface area (Å²) in [6.07, 6.45) is 5.70. The number of nitrogens with two attached hydrogens (primary N) is 1. The molecule has 0 bridgehead atoms. The van der Waals surface area contributed by atoms with Crippen LogP contribution in [0.25, 0.3) is 0 Å². The van der Waals surface area contributed by atoms with Gasteiger partial charge in [-0.05, 0) is 25.8 Å². The Hall–Kier alpha value is -0.890. The van der Waals surface area contributed by atoms with Gasteiger partial charge in [0.15, 0.2) is 0 Å². The number of nitrogens with one attached hydrogen (secondary N) is 1. The minimum absolute atomic E-state index is 0.343. The molecule has 3 N–H and O–H groups in total. The highest BCUT2D eigenvalue weighted by atomic mass is 16.6. The molecule has 0 aromatic carbocycles. The van der Waals surface area contributed by atoms with E-state index < -0.39 is 0 Å². The first-order chi connectivity index (χ1) is 11.8. The van der Waals surface area contributed by atoms with Gasteiger partial charge in [-0.2, -0.15) is 0 Å². The molecule has 144 valence electrons. The van der Waals surface area contributed by atoms with E-state index in [0.29, 0.717) is 59.3 Å².